The van der Waals surface area contributed by atoms with Gasteiger partial charge in [-0.25, -0.2) is 0 Å². The van der Waals surface area contributed by atoms with Gasteiger partial charge in [-0.05, 0) is 33.0 Å². The van der Waals surface area contributed by atoms with Crippen molar-refractivity contribution in [2.75, 3.05) is 7.11 Å². The molecule has 0 atom stereocenters. The van der Waals surface area contributed by atoms with Crippen LogP contribution < -0.4 is 0 Å². The van der Waals surface area contributed by atoms with Crippen LogP contribution in [0.15, 0.2) is 24.2 Å². The van der Waals surface area contributed by atoms with Crippen molar-refractivity contribution in [1.82, 2.24) is 0 Å². The van der Waals surface area contributed by atoms with Crippen LogP contribution in [0.25, 0.3) is 0 Å². The molecule has 0 aromatic heterocycles. The van der Waals surface area contributed by atoms with Gasteiger partial charge < -0.3 is 9.16 Å². The first-order chi connectivity index (χ1) is 5.90. The smallest absolute Gasteiger partial charge is 0.264 e. The van der Waals surface area contributed by atoms with E-state index in [0.29, 0.717) is 5.95 Å². The first-order valence-electron chi connectivity index (χ1n) is 4.44. The number of ether oxygens (including phenoxy) is 1. The van der Waals surface area contributed by atoms with Crippen molar-refractivity contribution in [3.8, 4) is 0 Å². The Labute approximate surface area is 82.4 Å². The van der Waals surface area contributed by atoms with Gasteiger partial charge in [0.1, 0.15) is 0 Å². The lowest BCUT2D eigenvalue weighted by Gasteiger charge is -2.21. The minimum absolute atomic E-state index is 0.666. The topological polar surface area (TPSA) is 18.5 Å². The van der Waals surface area contributed by atoms with Crippen molar-refractivity contribution < 1.29 is 9.16 Å². The molecule has 2 nitrogen and oxygen atoms in total. The first-order valence-corrected chi connectivity index (χ1v) is 7.85. The third-order valence-electron chi connectivity index (χ3n) is 1.38. The van der Waals surface area contributed by atoms with Crippen LogP contribution in [0.3, 0.4) is 0 Å². The van der Waals surface area contributed by atoms with Gasteiger partial charge in [-0.1, -0.05) is 6.08 Å². The number of methoxy groups -OCH3 is 1. The molecule has 0 heterocycles. The Kier molecular flexibility index (Phi) is 4.84. The summed E-state index contributed by atoms with van der Waals surface area (Å²) in [5.74, 6) is 0.666. The summed E-state index contributed by atoms with van der Waals surface area (Å²) in [4.78, 5) is 0. The number of rotatable bonds is 5. The Balaban J connectivity index is 4.49. The van der Waals surface area contributed by atoms with Gasteiger partial charge in [0.25, 0.3) is 5.95 Å². The van der Waals surface area contributed by atoms with Gasteiger partial charge in [0.2, 0.25) is 8.32 Å². The van der Waals surface area contributed by atoms with Crippen molar-refractivity contribution in [3.05, 3.63) is 24.2 Å². The molecule has 0 N–H and O–H groups in total. The van der Waals surface area contributed by atoms with Gasteiger partial charge in [-0.15, -0.1) is 6.58 Å². The fourth-order valence-corrected chi connectivity index (χ4v) is 1.69. The van der Waals surface area contributed by atoms with E-state index >= 15 is 0 Å². The van der Waals surface area contributed by atoms with Crippen LogP contribution >= 0.6 is 0 Å². The van der Waals surface area contributed by atoms with E-state index in [1.807, 2.05) is 13.0 Å². The zero-order valence-electron chi connectivity index (χ0n) is 9.31. The molecule has 13 heavy (non-hydrogen) atoms. The second-order valence-electron chi connectivity index (χ2n) is 3.98. The van der Waals surface area contributed by atoms with Crippen LogP contribution in [-0.4, -0.2) is 15.4 Å². The second-order valence-corrected chi connectivity index (χ2v) is 8.41. The normalized spacial score (nSPS) is 13.3. The van der Waals surface area contributed by atoms with Crippen molar-refractivity contribution in [2.24, 2.45) is 0 Å². The zero-order chi connectivity index (χ0) is 10.5. The third kappa shape index (κ3) is 5.52. The lowest BCUT2D eigenvalue weighted by atomic mass is 10.2. The molecule has 0 aliphatic heterocycles. The largest absolute Gasteiger partial charge is 0.520 e. The monoisotopic (exact) mass is 200 g/mol. The molecular weight excluding hydrogens is 180 g/mol. The summed E-state index contributed by atoms with van der Waals surface area (Å²) in [5, 5.41) is 0. The SMILES string of the molecule is C=CC/C(C)=C(\OC)O[Si](C)(C)C. The molecule has 3 heteroatoms. The molecule has 0 spiro atoms. The molecule has 0 aromatic carbocycles. The molecule has 0 saturated heterocycles. The quantitative estimate of drug-likeness (QED) is 0.385. The zero-order valence-corrected chi connectivity index (χ0v) is 10.3. The van der Waals surface area contributed by atoms with E-state index in [-0.39, 0.29) is 0 Å². The molecule has 0 unspecified atom stereocenters. The fourth-order valence-electron chi connectivity index (χ4n) is 0.881. The summed E-state index contributed by atoms with van der Waals surface area (Å²) < 4.78 is 10.9. The van der Waals surface area contributed by atoms with E-state index in [9.17, 15) is 0 Å². The highest BCUT2D eigenvalue weighted by Crippen LogP contribution is 2.16. The molecule has 0 radical (unpaired) electrons. The minimum Gasteiger partial charge on any atom is -0.520 e. The summed E-state index contributed by atoms with van der Waals surface area (Å²) >= 11 is 0. The van der Waals surface area contributed by atoms with E-state index in [1.165, 1.54) is 0 Å². The van der Waals surface area contributed by atoms with E-state index in [0.717, 1.165) is 12.0 Å². The van der Waals surface area contributed by atoms with Crippen LogP contribution in [0.1, 0.15) is 13.3 Å². The highest BCUT2D eigenvalue weighted by atomic mass is 28.4. The first kappa shape index (κ1) is 12.3. The second kappa shape index (κ2) is 5.12. The highest BCUT2D eigenvalue weighted by Gasteiger charge is 2.19. The van der Waals surface area contributed by atoms with Crippen molar-refractivity contribution in [3.63, 3.8) is 0 Å². The van der Waals surface area contributed by atoms with E-state index in [2.05, 4.69) is 26.2 Å². The number of allylic oxidation sites excluding steroid dienone is 2. The van der Waals surface area contributed by atoms with Crippen LogP contribution in [0.5, 0.6) is 0 Å². The molecule has 0 amide bonds. The van der Waals surface area contributed by atoms with Crippen LogP contribution in [0.2, 0.25) is 19.6 Å². The van der Waals surface area contributed by atoms with Gasteiger partial charge in [0, 0.05) is 5.57 Å². The number of hydrogen-bond acceptors (Lipinski definition) is 2. The van der Waals surface area contributed by atoms with Crippen molar-refractivity contribution >= 4 is 8.32 Å². The van der Waals surface area contributed by atoms with Crippen molar-refractivity contribution in [1.29, 1.82) is 0 Å². The van der Waals surface area contributed by atoms with E-state index < -0.39 is 8.32 Å². The maximum absolute atomic E-state index is 5.75. The van der Waals surface area contributed by atoms with Crippen LogP contribution in [0.4, 0.5) is 0 Å². The third-order valence-corrected chi connectivity index (χ3v) is 2.18. The maximum atomic E-state index is 5.75. The lowest BCUT2D eigenvalue weighted by Crippen LogP contribution is -2.25. The molecule has 0 aliphatic carbocycles. The molecule has 0 saturated carbocycles. The Morgan fingerprint density at radius 2 is 1.92 bits per heavy atom. The van der Waals surface area contributed by atoms with Crippen LogP contribution in [0, 0.1) is 0 Å². The lowest BCUT2D eigenvalue weighted by molar-refractivity contribution is 0.141. The summed E-state index contributed by atoms with van der Waals surface area (Å²) in [6.45, 7) is 12.1. The summed E-state index contributed by atoms with van der Waals surface area (Å²) in [6.07, 6.45) is 2.66. The molecule has 0 aromatic rings. The van der Waals surface area contributed by atoms with Crippen molar-refractivity contribution in [2.45, 2.75) is 33.0 Å². The van der Waals surface area contributed by atoms with E-state index in [4.69, 9.17) is 9.16 Å². The summed E-state index contributed by atoms with van der Waals surface area (Å²) in [6, 6.07) is 0. The molecule has 0 bridgehead atoms. The summed E-state index contributed by atoms with van der Waals surface area (Å²) in [5.41, 5.74) is 1.10. The maximum Gasteiger partial charge on any atom is 0.264 e. The predicted molar refractivity (Wildman–Crippen MR) is 59.0 cm³/mol. The van der Waals surface area contributed by atoms with Gasteiger partial charge >= 0.3 is 0 Å². The fraction of sp³-hybridized carbons (Fsp3) is 0.600. The van der Waals surface area contributed by atoms with Gasteiger partial charge in [0.15, 0.2) is 0 Å². The Morgan fingerprint density at radius 3 is 2.23 bits per heavy atom. The average Bonchev–Trinajstić information content (AvgIpc) is 1.99. The van der Waals surface area contributed by atoms with E-state index in [1.54, 1.807) is 7.11 Å². The number of hydrogen-bond donors (Lipinski definition) is 0. The van der Waals surface area contributed by atoms with Gasteiger partial charge in [0.05, 0.1) is 7.11 Å². The molecule has 0 rings (SSSR count). The Bertz CT molecular complexity index is 201. The Hall–Kier alpha value is -0.703. The highest BCUT2D eigenvalue weighted by molar-refractivity contribution is 6.70. The van der Waals surface area contributed by atoms with Gasteiger partial charge in [-0.3, -0.25) is 0 Å². The molecule has 76 valence electrons. The minimum atomic E-state index is -1.55. The van der Waals surface area contributed by atoms with Gasteiger partial charge in [-0.2, -0.15) is 0 Å². The molecular formula is C10H20O2Si. The van der Waals surface area contributed by atoms with Crippen LogP contribution in [-0.2, 0) is 9.16 Å². The Morgan fingerprint density at radius 1 is 1.38 bits per heavy atom. The molecule has 0 fully saturated rings. The molecule has 0 aliphatic rings. The standard InChI is InChI=1S/C10H20O2Si/c1-7-8-9(2)10(11-3)12-13(4,5)6/h7H,1,8H2,2-6H3/b10-9+. The average molecular weight is 200 g/mol. The predicted octanol–water partition coefficient (Wildman–Crippen LogP) is 3.29. The summed E-state index contributed by atoms with van der Waals surface area (Å²) in [7, 11) is 0.0907.